The Morgan fingerprint density at radius 2 is 2.35 bits per heavy atom. The fraction of sp³-hybridized carbons (Fsp3) is 0.357. The molecule has 1 unspecified atom stereocenters. The zero-order valence-electron chi connectivity index (χ0n) is 10.8. The maximum absolute atomic E-state index is 13.1. The highest BCUT2D eigenvalue weighted by atomic mass is 19.1. The number of benzene rings is 1. The van der Waals surface area contributed by atoms with Gasteiger partial charge in [0.1, 0.15) is 11.6 Å². The lowest BCUT2D eigenvalue weighted by molar-refractivity contribution is -0.142. The highest BCUT2D eigenvalue weighted by Crippen LogP contribution is 2.19. The summed E-state index contributed by atoms with van der Waals surface area (Å²) in [7, 11) is 0. The Kier molecular flexibility index (Phi) is 3.22. The van der Waals surface area contributed by atoms with Crippen LogP contribution in [0.15, 0.2) is 24.3 Å². The molecule has 20 heavy (non-hydrogen) atoms. The second-order valence-corrected chi connectivity index (χ2v) is 5.01. The van der Waals surface area contributed by atoms with Crippen molar-refractivity contribution < 1.29 is 14.3 Å². The van der Waals surface area contributed by atoms with E-state index in [9.17, 15) is 9.18 Å². The van der Waals surface area contributed by atoms with Crippen LogP contribution < -0.4 is 0 Å². The molecule has 0 saturated carbocycles. The summed E-state index contributed by atoms with van der Waals surface area (Å²) in [5.41, 5.74) is 0.808. The van der Waals surface area contributed by atoms with Crippen molar-refractivity contribution in [1.82, 2.24) is 14.8 Å². The molecule has 1 atom stereocenters. The second-order valence-electron chi connectivity index (χ2n) is 5.01. The van der Waals surface area contributed by atoms with E-state index in [4.69, 9.17) is 5.11 Å². The molecule has 1 aromatic carbocycles. The molecule has 0 fully saturated rings. The van der Waals surface area contributed by atoms with Gasteiger partial charge in [0, 0.05) is 12.8 Å². The van der Waals surface area contributed by atoms with Crippen molar-refractivity contribution in [1.29, 1.82) is 0 Å². The standard InChI is InChI=1S/C14H14FN3O2/c15-11-3-1-2-9(6-11)7-12-16-13-5-4-10(14(19)20)8-18(13)17-12/h1-3,6,10H,4-5,7-8H2,(H,19,20). The van der Waals surface area contributed by atoms with Crippen molar-refractivity contribution >= 4 is 5.97 Å². The third-order valence-electron chi connectivity index (χ3n) is 3.50. The molecule has 1 aliphatic heterocycles. The number of nitrogens with zero attached hydrogens (tertiary/aromatic N) is 3. The van der Waals surface area contributed by atoms with Gasteiger partial charge in [0.15, 0.2) is 5.82 Å². The molecule has 0 bridgehead atoms. The van der Waals surface area contributed by atoms with Crippen LogP contribution in [0.5, 0.6) is 0 Å². The van der Waals surface area contributed by atoms with Gasteiger partial charge in [0.25, 0.3) is 0 Å². The number of carbonyl (C=O) groups is 1. The van der Waals surface area contributed by atoms with Gasteiger partial charge in [-0.25, -0.2) is 14.1 Å². The SMILES string of the molecule is O=C(O)C1CCc2nc(Cc3cccc(F)c3)nn2C1. The summed E-state index contributed by atoms with van der Waals surface area (Å²) < 4.78 is 14.8. The number of hydrogen-bond donors (Lipinski definition) is 1. The first-order valence-electron chi connectivity index (χ1n) is 6.51. The van der Waals surface area contributed by atoms with Crippen LogP contribution in [0.2, 0.25) is 0 Å². The average Bonchev–Trinajstić information content (AvgIpc) is 2.79. The summed E-state index contributed by atoms with van der Waals surface area (Å²) in [5.74, 6) is -0.0491. The number of carboxylic acid groups (broad SMARTS) is 1. The van der Waals surface area contributed by atoms with Gasteiger partial charge in [-0.1, -0.05) is 12.1 Å². The molecular weight excluding hydrogens is 261 g/mol. The highest BCUT2D eigenvalue weighted by Gasteiger charge is 2.26. The number of carboxylic acids is 1. The monoisotopic (exact) mass is 275 g/mol. The van der Waals surface area contributed by atoms with E-state index in [0.29, 0.717) is 31.6 Å². The van der Waals surface area contributed by atoms with E-state index in [1.165, 1.54) is 12.1 Å². The van der Waals surface area contributed by atoms with Gasteiger partial charge in [-0.05, 0) is 24.1 Å². The molecule has 0 saturated heterocycles. The van der Waals surface area contributed by atoms with Gasteiger partial charge in [0.05, 0.1) is 12.5 Å². The smallest absolute Gasteiger partial charge is 0.308 e. The van der Waals surface area contributed by atoms with E-state index >= 15 is 0 Å². The number of fused-ring (bicyclic) bond motifs is 1. The van der Waals surface area contributed by atoms with Crippen LogP contribution in [-0.2, 0) is 24.2 Å². The Morgan fingerprint density at radius 3 is 3.10 bits per heavy atom. The highest BCUT2D eigenvalue weighted by molar-refractivity contribution is 5.70. The van der Waals surface area contributed by atoms with Gasteiger partial charge in [0.2, 0.25) is 0 Å². The molecule has 0 spiro atoms. The third-order valence-corrected chi connectivity index (χ3v) is 3.50. The quantitative estimate of drug-likeness (QED) is 0.925. The Hall–Kier alpha value is -2.24. The zero-order chi connectivity index (χ0) is 14.1. The molecule has 1 aromatic heterocycles. The van der Waals surface area contributed by atoms with Gasteiger partial charge in [-0.15, -0.1) is 0 Å². The topological polar surface area (TPSA) is 68.0 Å². The minimum atomic E-state index is -0.794. The van der Waals surface area contributed by atoms with Crippen molar-refractivity contribution in [3.8, 4) is 0 Å². The van der Waals surface area contributed by atoms with Crippen molar-refractivity contribution in [3.63, 3.8) is 0 Å². The lowest BCUT2D eigenvalue weighted by Gasteiger charge is -2.18. The van der Waals surface area contributed by atoms with E-state index in [1.54, 1.807) is 10.7 Å². The van der Waals surface area contributed by atoms with E-state index in [1.807, 2.05) is 6.07 Å². The Labute approximate surface area is 115 Å². The van der Waals surface area contributed by atoms with Crippen LogP contribution in [0.4, 0.5) is 4.39 Å². The maximum atomic E-state index is 13.1. The molecule has 0 aliphatic carbocycles. The summed E-state index contributed by atoms with van der Waals surface area (Å²) >= 11 is 0. The molecule has 6 heteroatoms. The Balaban J connectivity index is 1.79. The third kappa shape index (κ3) is 2.54. The molecule has 104 valence electrons. The van der Waals surface area contributed by atoms with Crippen LogP contribution in [0, 0.1) is 11.7 Å². The first-order chi connectivity index (χ1) is 9.61. The van der Waals surface area contributed by atoms with Crippen molar-refractivity contribution in [2.45, 2.75) is 25.8 Å². The molecule has 1 aliphatic rings. The average molecular weight is 275 g/mol. The summed E-state index contributed by atoms with van der Waals surface area (Å²) in [4.78, 5) is 15.4. The molecule has 2 heterocycles. The number of aliphatic carboxylic acids is 1. The number of hydrogen-bond acceptors (Lipinski definition) is 3. The molecule has 5 nitrogen and oxygen atoms in total. The van der Waals surface area contributed by atoms with Gasteiger partial charge in [-0.3, -0.25) is 4.79 Å². The molecule has 0 amide bonds. The van der Waals surface area contributed by atoms with Gasteiger partial charge in [-0.2, -0.15) is 5.10 Å². The fourth-order valence-corrected chi connectivity index (χ4v) is 2.47. The largest absolute Gasteiger partial charge is 0.481 e. The number of halogens is 1. The summed E-state index contributed by atoms with van der Waals surface area (Å²) in [6.07, 6.45) is 1.66. The van der Waals surface area contributed by atoms with Gasteiger partial charge >= 0.3 is 5.97 Å². The van der Waals surface area contributed by atoms with Crippen LogP contribution in [-0.4, -0.2) is 25.8 Å². The molecule has 1 N–H and O–H groups in total. The first-order valence-corrected chi connectivity index (χ1v) is 6.51. The Bertz CT molecular complexity index is 654. The van der Waals surface area contributed by atoms with Gasteiger partial charge < -0.3 is 5.11 Å². The Morgan fingerprint density at radius 1 is 1.50 bits per heavy atom. The second kappa shape index (κ2) is 5.03. The number of aryl methyl sites for hydroxylation is 1. The minimum Gasteiger partial charge on any atom is -0.481 e. The first kappa shape index (κ1) is 12.8. The van der Waals surface area contributed by atoms with Crippen molar-refractivity contribution in [2.24, 2.45) is 5.92 Å². The summed E-state index contributed by atoms with van der Waals surface area (Å²) in [6.45, 7) is 0.362. The van der Waals surface area contributed by atoms with Crippen molar-refractivity contribution in [2.75, 3.05) is 0 Å². The van der Waals surface area contributed by atoms with E-state index in [-0.39, 0.29) is 5.82 Å². The fourth-order valence-electron chi connectivity index (χ4n) is 2.47. The van der Waals surface area contributed by atoms with Crippen LogP contribution in [0.1, 0.15) is 23.6 Å². The van der Waals surface area contributed by atoms with Crippen LogP contribution in [0.25, 0.3) is 0 Å². The maximum Gasteiger partial charge on any atom is 0.308 e. The van der Waals surface area contributed by atoms with Crippen LogP contribution >= 0.6 is 0 Å². The molecular formula is C14H14FN3O2. The molecule has 3 rings (SSSR count). The number of aromatic nitrogens is 3. The zero-order valence-corrected chi connectivity index (χ0v) is 10.8. The lowest BCUT2D eigenvalue weighted by atomic mass is 10.0. The molecule has 0 radical (unpaired) electrons. The van der Waals surface area contributed by atoms with E-state index in [2.05, 4.69) is 10.1 Å². The normalized spacial score (nSPS) is 17.8. The summed E-state index contributed by atoms with van der Waals surface area (Å²) in [5, 5.41) is 13.4. The van der Waals surface area contributed by atoms with Crippen LogP contribution in [0.3, 0.4) is 0 Å². The predicted molar refractivity (Wildman–Crippen MR) is 68.7 cm³/mol. The van der Waals surface area contributed by atoms with E-state index < -0.39 is 11.9 Å². The van der Waals surface area contributed by atoms with Crippen molar-refractivity contribution in [3.05, 3.63) is 47.3 Å². The predicted octanol–water partition coefficient (Wildman–Crippen LogP) is 1.66. The number of rotatable bonds is 3. The minimum absolute atomic E-state index is 0.280. The van der Waals surface area contributed by atoms with E-state index in [0.717, 1.165) is 11.4 Å². The molecule has 2 aromatic rings. The lowest BCUT2D eigenvalue weighted by Crippen LogP contribution is -2.27. The summed E-state index contributed by atoms with van der Waals surface area (Å²) in [6, 6.07) is 6.33.